The first kappa shape index (κ1) is 22.0. The molecule has 0 radical (unpaired) electrons. The van der Waals surface area contributed by atoms with Gasteiger partial charge in [0.05, 0.1) is 19.1 Å². The molecule has 4 nitrogen and oxygen atoms in total. The van der Waals surface area contributed by atoms with Gasteiger partial charge in [-0.15, -0.1) is 16.1 Å². The van der Waals surface area contributed by atoms with Crippen LogP contribution in [0.15, 0.2) is 36.4 Å². The molecule has 0 aliphatic heterocycles. The Kier molecular flexibility index (Phi) is 7.91. The molecule has 6 heteroatoms. The zero-order valence-corrected chi connectivity index (χ0v) is 18.3. The molecular formula is C21H29NO3S2. The number of benzene rings is 1. The van der Waals surface area contributed by atoms with Crippen LogP contribution in [0.5, 0.6) is 0 Å². The standard InChI is InChI=1S/C21H29NO3S2/c1-6-25-20(23)14-18(22-27(24)21(3,4)5)19-12-11-17(26-19)13-16-10-8-7-9-15(16)2/h7-12,18,22H,6,13-14H2,1-5H3/t18-,27?/m0/s1. The van der Waals surface area contributed by atoms with Crippen LogP contribution in [0.2, 0.25) is 0 Å². The van der Waals surface area contributed by atoms with Crippen molar-refractivity contribution in [3.8, 4) is 0 Å². The average molecular weight is 408 g/mol. The molecule has 1 aromatic heterocycles. The van der Waals surface area contributed by atoms with E-state index >= 15 is 0 Å². The number of carbonyl (C=O) groups excluding carboxylic acids is 1. The Hall–Kier alpha value is -1.34. The zero-order chi connectivity index (χ0) is 20.0. The highest BCUT2D eigenvalue weighted by Gasteiger charge is 2.31. The maximum Gasteiger partial charge on any atom is 0.307 e. The summed E-state index contributed by atoms with van der Waals surface area (Å²) in [6.45, 7) is 9.98. The molecule has 2 atom stereocenters. The fraction of sp³-hybridized carbons (Fsp3) is 0.476. The summed E-state index contributed by atoms with van der Waals surface area (Å²) in [5.74, 6) is -0.283. The Morgan fingerprint density at radius 2 is 1.96 bits per heavy atom. The second-order valence-corrected chi connectivity index (χ2v) is 10.7. The number of ether oxygens (including phenoxy) is 1. The smallest absolute Gasteiger partial charge is 0.307 e. The average Bonchev–Trinajstić information content (AvgIpc) is 3.04. The van der Waals surface area contributed by atoms with Gasteiger partial charge in [-0.3, -0.25) is 4.79 Å². The van der Waals surface area contributed by atoms with E-state index in [9.17, 15) is 9.35 Å². The highest BCUT2D eigenvalue weighted by atomic mass is 32.2. The van der Waals surface area contributed by atoms with Crippen LogP contribution in [0.25, 0.3) is 0 Å². The van der Waals surface area contributed by atoms with Crippen LogP contribution in [0, 0.1) is 6.92 Å². The van der Waals surface area contributed by atoms with Crippen LogP contribution in [-0.2, 0) is 27.3 Å². The minimum Gasteiger partial charge on any atom is -0.598 e. The third-order valence-corrected chi connectivity index (χ3v) is 6.94. The van der Waals surface area contributed by atoms with Gasteiger partial charge in [0.15, 0.2) is 0 Å². The lowest BCUT2D eigenvalue weighted by Gasteiger charge is -2.27. The lowest BCUT2D eigenvalue weighted by molar-refractivity contribution is -0.143. The van der Waals surface area contributed by atoms with E-state index in [0.29, 0.717) is 6.61 Å². The highest BCUT2D eigenvalue weighted by molar-refractivity contribution is 7.90. The number of hydrogen-bond acceptors (Lipinski definition) is 5. The Morgan fingerprint density at radius 3 is 2.59 bits per heavy atom. The van der Waals surface area contributed by atoms with Crippen LogP contribution in [-0.4, -0.2) is 21.9 Å². The summed E-state index contributed by atoms with van der Waals surface area (Å²) in [7, 11) is 0. The number of carbonyl (C=O) groups is 1. The summed E-state index contributed by atoms with van der Waals surface area (Å²) < 4.78 is 20.4. The first-order chi connectivity index (χ1) is 12.7. The van der Waals surface area contributed by atoms with Crippen molar-refractivity contribution in [2.45, 2.75) is 58.2 Å². The van der Waals surface area contributed by atoms with Crippen LogP contribution in [0.3, 0.4) is 0 Å². The molecule has 1 heterocycles. The molecule has 1 aromatic carbocycles. The van der Waals surface area contributed by atoms with Gasteiger partial charge >= 0.3 is 5.97 Å². The van der Waals surface area contributed by atoms with Gasteiger partial charge in [-0.05, 0) is 57.9 Å². The Balaban J connectivity index is 2.18. The quantitative estimate of drug-likeness (QED) is 0.509. The van der Waals surface area contributed by atoms with E-state index in [2.05, 4.69) is 35.9 Å². The molecule has 0 saturated heterocycles. The molecule has 148 valence electrons. The van der Waals surface area contributed by atoms with Crippen molar-refractivity contribution in [2.75, 3.05) is 6.61 Å². The molecule has 0 fully saturated rings. The molecule has 0 saturated carbocycles. The lowest BCUT2D eigenvalue weighted by atomic mass is 10.1. The summed E-state index contributed by atoms with van der Waals surface area (Å²) in [4.78, 5) is 14.3. The van der Waals surface area contributed by atoms with Crippen molar-refractivity contribution in [3.05, 3.63) is 57.3 Å². The predicted molar refractivity (Wildman–Crippen MR) is 113 cm³/mol. The fourth-order valence-corrected chi connectivity index (χ4v) is 4.55. The molecular weight excluding hydrogens is 378 g/mol. The van der Waals surface area contributed by atoms with E-state index in [1.807, 2.05) is 32.9 Å². The van der Waals surface area contributed by atoms with Gasteiger partial charge in [-0.1, -0.05) is 24.3 Å². The lowest BCUT2D eigenvalue weighted by Crippen LogP contribution is -2.41. The fourth-order valence-electron chi connectivity index (χ4n) is 2.57. The number of thiophene rings is 1. The molecule has 1 unspecified atom stereocenters. The molecule has 0 spiro atoms. The van der Waals surface area contributed by atoms with Crippen LogP contribution >= 0.6 is 11.3 Å². The van der Waals surface area contributed by atoms with Gasteiger partial charge in [-0.25, -0.2) is 0 Å². The highest BCUT2D eigenvalue weighted by Crippen LogP contribution is 2.30. The summed E-state index contributed by atoms with van der Waals surface area (Å²) in [5.41, 5.74) is 2.56. The second-order valence-electron chi connectivity index (χ2n) is 7.47. The maximum absolute atomic E-state index is 12.6. The van der Waals surface area contributed by atoms with Crippen LogP contribution < -0.4 is 4.72 Å². The minimum absolute atomic E-state index is 0.167. The minimum atomic E-state index is -1.27. The largest absolute Gasteiger partial charge is 0.598 e. The van der Waals surface area contributed by atoms with E-state index in [1.165, 1.54) is 16.0 Å². The van der Waals surface area contributed by atoms with Crippen molar-refractivity contribution in [2.24, 2.45) is 0 Å². The Morgan fingerprint density at radius 1 is 1.26 bits per heavy atom. The first-order valence-electron chi connectivity index (χ1n) is 9.17. The molecule has 0 amide bonds. The van der Waals surface area contributed by atoms with Gasteiger partial charge in [0.2, 0.25) is 0 Å². The molecule has 1 N–H and O–H groups in total. The SMILES string of the molecule is CCOC(=O)C[C@H](N[S+]([O-])C(C)(C)C)c1ccc(Cc2ccccc2C)s1. The third-order valence-electron chi connectivity index (χ3n) is 4.13. The zero-order valence-electron chi connectivity index (χ0n) is 16.7. The number of hydrogen-bond donors (Lipinski definition) is 1. The first-order valence-corrected chi connectivity index (χ1v) is 11.1. The van der Waals surface area contributed by atoms with E-state index in [4.69, 9.17) is 4.74 Å². The van der Waals surface area contributed by atoms with Gasteiger partial charge in [0, 0.05) is 27.5 Å². The Bertz CT molecular complexity index is 752. The summed E-state index contributed by atoms with van der Waals surface area (Å²) in [6.07, 6.45) is 1.02. The van der Waals surface area contributed by atoms with Crippen molar-refractivity contribution in [1.29, 1.82) is 0 Å². The summed E-state index contributed by atoms with van der Waals surface area (Å²) >= 11 is 0.381. The van der Waals surface area contributed by atoms with Crippen molar-refractivity contribution in [3.63, 3.8) is 0 Å². The van der Waals surface area contributed by atoms with Crippen molar-refractivity contribution < 1.29 is 14.1 Å². The maximum atomic E-state index is 12.6. The van der Waals surface area contributed by atoms with Gasteiger partial charge in [-0.2, -0.15) is 0 Å². The number of nitrogens with one attached hydrogen (secondary N) is 1. The molecule has 0 aliphatic carbocycles. The van der Waals surface area contributed by atoms with Gasteiger partial charge in [0.25, 0.3) is 0 Å². The third kappa shape index (κ3) is 6.64. The molecule has 27 heavy (non-hydrogen) atoms. The summed E-state index contributed by atoms with van der Waals surface area (Å²) in [5, 5.41) is 0. The summed E-state index contributed by atoms with van der Waals surface area (Å²) in [6, 6.07) is 12.1. The molecule has 0 aliphatic rings. The monoisotopic (exact) mass is 407 g/mol. The van der Waals surface area contributed by atoms with E-state index in [-0.39, 0.29) is 18.4 Å². The molecule has 2 rings (SSSR count). The number of esters is 1. The van der Waals surface area contributed by atoms with E-state index < -0.39 is 16.1 Å². The van der Waals surface area contributed by atoms with E-state index in [1.54, 1.807) is 18.3 Å². The van der Waals surface area contributed by atoms with Gasteiger partial charge < -0.3 is 9.29 Å². The topological polar surface area (TPSA) is 61.4 Å². The van der Waals surface area contributed by atoms with Crippen LogP contribution in [0.1, 0.15) is 61.0 Å². The van der Waals surface area contributed by atoms with Crippen LogP contribution in [0.4, 0.5) is 0 Å². The predicted octanol–water partition coefficient (Wildman–Crippen LogP) is 4.69. The molecule has 0 bridgehead atoms. The van der Waals surface area contributed by atoms with E-state index in [0.717, 1.165) is 11.3 Å². The number of aryl methyl sites for hydroxylation is 1. The molecule has 2 aromatic rings. The van der Waals surface area contributed by atoms with Gasteiger partial charge in [0.1, 0.15) is 4.75 Å². The normalized spacial score (nSPS) is 14.0. The van der Waals surface area contributed by atoms with Crippen molar-refractivity contribution >= 4 is 28.7 Å². The van der Waals surface area contributed by atoms with Crippen molar-refractivity contribution in [1.82, 2.24) is 4.72 Å². The Labute approximate surface area is 169 Å². The second kappa shape index (κ2) is 9.73. The number of rotatable bonds is 8.